The molecule has 3 aromatic rings. The second-order valence-corrected chi connectivity index (χ2v) is 6.12. The number of benzene rings is 1. The number of anilines is 1. The zero-order valence-corrected chi connectivity index (χ0v) is 13.3. The van der Waals surface area contributed by atoms with Crippen LogP contribution in [-0.2, 0) is 26.4 Å². The highest BCUT2D eigenvalue weighted by molar-refractivity contribution is 5.64. The summed E-state index contributed by atoms with van der Waals surface area (Å²) >= 11 is 0. The Kier molecular flexibility index (Phi) is 3.61. The molecule has 0 unspecified atom stereocenters. The molecule has 5 heteroatoms. The molecule has 2 aromatic heterocycles. The van der Waals surface area contributed by atoms with Crippen molar-refractivity contribution in [3.8, 4) is 11.1 Å². The third kappa shape index (κ3) is 2.74. The predicted octanol–water partition coefficient (Wildman–Crippen LogP) is 3.30. The molecule has 1 aromatic carbocycles. The molecule has 0 fully saturated rings. The lowest BCUT2D eigenvalue weighted by Crippen LogP contribution is -2.08. The summed E-state index contributed by atoms with van der Waals surface area (Å²) in [5.41, 5.74) is 7.48. The summed E-state index contributed by atoms with van der Waals surface area (Å²) in [4.78, 5) is 0. The van der Waals surface area contributed by atoms with Crippen molar-refractivity contribution in [2.75, 3.05) is 5.32 Å². The van der Waals surface area contributed by atoms with Gasteiger partial charge in [-0.05, 0) is 48.9 Å². The maximum absolute atomic E-state index is 4.68. The molecule has 1 aliphatic rings. The second kappa shape index (κ2) is 5.91. The summed E-state index contributed by atoms with van der Waals surface area (Å²) in [6, 6.07) is 8.47. The molecule has 118 valence electrons. The van der Waals surface area contributed by atoms with Crippen molar-refractivity contribution >= 4 is 5.69 Å². The molecule has 23 heavy (non-hydrogen) atoms. The van der Waals surface area contributed by atoms with Gasteiger partial charge in [-0.25, -0.2) is 0 Å². The summed E-state index contributed by atoms with van der Waals surface area (Å²) in [7, 11) is 2.05. The van der Waals surface area contributed by atoms with E-state index < -0.39 is 0 Å². The average Bonchev–Trinajstić information content (AvgIpc) is 3.21. The van der Waals surface area contributed by atoms with Gasteiger partial charge in [0.2, 0.25) is 0 Å². The molecule has 0 atom stereocenters. The fourth-order valence-electron chi connectivity index (χ4n) is 3.34. The topological polar surface area (TPSA) is 58.5 Å². The van der Waals surface area contributed by atoms with Crippen molar-refractivity contribution in [3.05, 3.63) is 53.6 Å². The quantitative estimate of drug-likeness (QED) is 0.777. The number of hydrogen-bond donors (Lipinski definition) is 2. The predicted molar refractivity (Wildman–Crippen MR) is 91.2 cm³/mol. The molecule has 0 aliphatic heterocycles. The Morgan fingerprint density at radius 2 is 1.96 bits per heavy atom. The lowest BCUT2D eigenvalue weighted by Gasteiger charge is -2.13. The molecule has 0 spiro atoms. The summed E-state index contributed by atoms with van der Waals surface area (Å²) in [6.07, 6.45) is 8.59. The first kappa shape index (κ1) is 14.1. The summed E-state index contributed by atoms with van der Waals surface area (Å²) < 4.78 is 2.04. The molecule has 0 saturated heterocycles. The maximum atomic E-state index is 4.68. The van der Waals surface area contributed by atoms with E-state index in [4.69, 9.17) is 0 Å². The summed E-state index contributed by atoms with van der Waals surface area (Å²) in [5.74, 6) is 0. The van der Waals surface area contributed by atoms with Gasteiger partial charge in [0.25, 0.3) is 0 Å². The summed E-state index contributed by atoms with van der Waals surface area (Å²) in [6.45, 7) is 0.823. The highest BCUT2D eigenvalue weighted by Crippen LogP contribution is 2.25. The third-order valence-electron chi connectivity index (χ3n) is 4.62. The van der Waals surface area contributed by atoms with E-state index >= 15 is 0 Å². The monoisotopic (exact) mass is 307 g/mol. The fraction of sp³-hybridized carbons (Fsp3) is 0.333. The van der Waals surface area contributed by atoms with Gasteiger partial charge in [-0.2, -0.15) is 10.2 Å². The van der Waals surface area contributed by atoms with E-state index in [-0.39, 0.29) is 0 Å². The van der Waals surface area contributed by atoms with Crippen molar-refractivity contribution in [1.82, 2.24) is 20.0 Å². The molecule has 5 nitrogen and oxygen atoms in total. The van der Waals surface area contributed by atoms with Gasteiger partial charge in [0.15, 0.2) is 0 Å². The smallest absolute Gasteiger partial charge is 0.0660 e. The van der Waals surface area contributed by atoms with Crippen LogP contribution in [0, 0.1) is 0 Å². The third-order valence-corrected chi connectivity index (χ3v) is 4.62. The van der Waals surface area contributed by atoms with Crippen LogP contribution in [0.3, 0.4) is 0 Å². The van der Waals surface area contributed by atoms with Gasteiger partial charge in [0, 0.05) is 24.5 Å². The van der Waals surface area contributed by atoms with Crippen molar-refractivity contribution in [1.29, 1.82) is 0 Å². The van der Waals surface area contributed by atoms with Crippen LogP contribution in [0.2, 0.25) is 0 Å². The Hall–Kier alpha value is -2.56. The van der Waals surface area contributed by atoms with Crippen LogP contribution >= 0.6 is 0 Å². The minimum atomic E-state index is 0.823. The number of H-pyrrole nitrogens is 1. The standard InChI is InChI=1S/C18H21N5/c1-23-18(16-4-2-3-5-17(16)22-23)12-19-15-8-6-13(7-9-15)14-10-20-21-11-14/h6-11,19H,2-5,12H2,1H3,(H,20,21). The van der Waals surface area contributed by atoms with E-state index in [1.54, 1.807) is 0 Å². The van der Waals surface area contributed by atoms with Gasteiger partial charge in [-0.15, -0.1) is 0 Å². The minimum absolute atomic E-state index is 0.823. The van der Waals surface area contributed by atoms with Crippen LogP contribution in [0.5, 0.6) is 0 Å². The van der Waals surface area contributed by atoms with Crippen molar-refractivity contribution in [3.63, 3.8) is 0 Å². The largest absolute Gasteiger partial charge is 0.379 e. The molecule has 0 saturated carbocycles. The Labute approximate surface area is 135 Å². The molecule has 4 rings (SSSR count). The van der Waals surface area contributed by atoms with Gasteiger partial charge in [0.05, 0.1) is 24.1 Å². The van der Waals surface area contributed by atoms with Crippen LogP contribution in [0.1, 0.15) is 29.8 Å². The lowest BCUT2D eigenvalue weighted by molar-refractivity contribution is 0.664. The zero-order valence-electron chi connectivity index (χ0n) is 13.3. The van der Waals surface area contributed by atoms with E-state index in [9.17, 15) is 0 Å². The molecule has 2 N–H and O–H groups in total. The van der Waals surface area contributed by atoms with Crippen LogP contribution in [0.25, 0.3) is 11.1 Å². The van der Waals surface area contributed by atoms with Gasteiger partial charge in [0.1, 0.15) is 0 Å². The normalized spacial score (nSPS) is 13.8. The highest BCUT2D eigenvalue weighted by Gasteiger charge is 2.18. The molecule has 0 radical (unpaired) electrons. The maximum Gasteiger partial charge on any atom is 0.0660 e. The van der Waals surface area contributed by atoms with Crippen LogP contribution in [0.4, 0.5) is 5.69 Å². The van der Waals surface area contributed by atoms with Crippen LogP contribution in [0.15, 0.2) is 36.7 Å². The first-order valence-electron chi connectivity index (χ1n) is 8.18. The number of rotatable bonds is 4. The number of fused-ring (bicyclic) bond motifs is 1. The number of nitrogens with zero attached hydrogens (tertiary/aromatic N) is 3. The van der Waals surface area contributed by atoms with E-state index in [2.05, 4.69) is 51.9 Å². The molecule has 2 heterocycles. The number of aryl methyl sites for hydroxylation is 2. The summed E-state index contributed by atoms with van der Waals surface area (Å²) in [5, 5.41) is 15.0. The SMILES string of the molecule is Cn1nc2c(c1CNc1ccc(-c3cn[nH]c3)cc1)CCCC2. The average molecular weight is 307 g/mol. The zero-order chi connectivity index (χ0) is 15.6. The van der Waals surface area contributed by atoms with E-state index in [1.165, 1.54) is 41.8 Å². The Bertz CT molecular complexity index is 784. The fourth-order valence-corrected chi connectivity index (χ4v) is 3.34. The van der Waals surface area contributed by atoms with Crippen molar-refractivity contribution in [2.24, 2.45) is 7.05 Å². The van der Waals surface area contributed by atoms with Gasteiger partial charge >= 0.3 is 0 Å². The molecular formula is C18H21N5. The second-order valence-electron chi connectivity index (χ2n) is 6.12. The van der Waals surface area contributed by atoms with E-state index in [1.807, 2.05) is 17.1 Å². The number of nitrogens with one attached hydrogen (secondary N) is 2. The molecule has 1 aliphatic carbocycles. The molecule has 0 bridgehead atoms. The van der Waals surface area contributed by atoms with Crippen molar-refractivity contribution in [2.45, 2.75) is 32.2 Å². The van der Waals surface area contributed by atoms with Gasteiger partial charge < -0.3 is 5.32 Å². The van der Waals surface area contributed by atoms with Crippen molar-refractivity contribution < 1.29 is 0 Å². The minimum Gasteiger partial charge on any atom is -0.379 e. The number of aromatic amines is 1. The van der Waals surface area contributed by atoms with E-state index in [0.717, 1.165) is 24.2 Å². The number of hydrogen-bond acceptors (Lipinski definition) is 3. The Morgan fingerprint density at radius 3 is 2.74 bits per heavy atom. The van der Waals surface area contributed by atoms with Crippen LogP contribution < -0.4 is 5.32 Å². The Morgan fingerprint density at radius 1 is 1.13 bits per heavy atom. The molecular weight excluding hydrogens is 286 g/mol. The van der Waals surface area contributed by atoms with Crippen LogP contribution in [-0.4, -0.2) is 20.0 Å². The first-order valence-corrected chi connectivity index (χ1v) is 8.18. The highest BCUT2D eigenvalue weighted by atomic mass is 15.3. The van der Waals surface area contributed by atoms with Gasteiger partial charge in [-0.1, -0.05) is 12.1 Å². The van der Waals surface area contributed by atoms with E-state index in [0.29, 0.717) is 0 Å². The van der Waals surface area contributed by atoms with Gasteiger partial charge in [-0.3, -0.25) is 9.78 Å². The first-order chi connectivity index (χ1) is 11.3. The number of aromatic nitrogens is 4. The Balaban J connectivity index is 1.48. The lowest BCUT2D eigenvalue weighted by atomic mass is 9.96. The molecule has 0 amide bonds.